The average Bonchev–Trinajstić information content (AvgIpc) is 3.06. The van der Waals surface area contributed by atoms with E-state index in [2.05, 4.69) is 9.97 Å². The molecular weight excluding hydrogens is 320 g/mol. The largest absolute Gasteiger partial charge is 0.478 e. The number of carboxylic acids is 1. The van der Waals surface area contributed by atoms with Gasteiger partial charge in [-0.3, -0.25) is 4.98 Å². The first kappa shape index (κ1) is 14.5. The third kappa shape index (κ3) is 2.66. The number of nitrogens with zero attached hydrogens (tertiary/aromatic N) is 2. The lowest BCUT2D eigenvalue weighted by molar-refractivity contribution is 0.0697. The van der Waals surface area contributed by atoms with Gasteiger partial charge in [0.05, 0.1) is 21.5 Å². The molecule has 4 nitrogen and oxygen atoms in total. The van der Waals surface area contributed by atoms with Crippen molar-refractivity contribution < 1.29 is 9.90 Å². The number of benzene rings is 2. The summed E-state index contributed by atoms with van der Waals surface area (Å²) in [6, 6.07) is 18.7. The fourth-order valence-electron chi connectivity index (χ4n) is 2.55. The van der Waals surface area contributed by atoms with Crippen LogP contribution < -0.4 is 0 Å². The molecule has 0 unspecified atom stereocenters. The van der Waals surface area contributed by atoms with Gasteiger partial charge >= 0.3 is 5.97 Å². The van der Waals surface area contributed by atoms with Crippen molar-refractivity contribution in [2.45, 2.75) is 0 Å². The molecule has 2 heterocycles. The molecule has 0 saturated heterocycles. The quantitative estimate of drug-likeness (QED) is 0.589. The Morgan fingerprint density at radius 3 is 2.50 bits per heavy atom. The molecule has 0 fully saturated rings. The molecule has 0 atom stereocenters. The van der Waals surface area contributed by atoms with Crippen molar-refractivity contribution in [1.82, 2.24) is 9.97 Å². The molecule has 24 heavy (non-hydrogen) atoms. The second kappa shape index (κ2) is 5.86. The Balaban J connectivity index is 1.91. The lowest BCUT2D eigenvalue weighted by atomic mass is 10.0. The number of thiazole rings is 1. The summed E-state index contributed by atoms with van der Waals surface area (Å²) in [4.78, 5) is 20.4. The van der Waals surface area contributed by atoms with Crippen LogP contribution in [0.2, 0.25) is 0 Å². The summed E-state index contributed by atoms with van der Waals surface area (Å²) in [5, 5.41) is 10.2. The van der Waals surface area contributed by atoms with E-state index in [1.165, 1.54) is 0 Å². The van der Waals surface area contributed by atoms with E-state index in [0.717, 1.165) is 32.0 Å². The van der Waals surface area contributed by atoms with Crippen LogP contribution in [0.15, 0.2) is 66.9 Å². The summed E-state index contributed by atoms with van der Waals surface area (Å²) in [5.74, 6) is -0.963. The fraction of sp³-hybridized carbons (Fsp3) is 0. The number of fused-ring (bicyclic) bond motifs is 1. The molecule has 1 N–H and O–H groups in total. The summed E-state index contributed by atoms with van der Waals surface area (Å²) in [5.41, 5.74) is 3.44. The topological polar surface area (TPSA) is 63.1 Å². The highest BCUT2D eigenvalue weighted by Crippen LogP contribution is 2.33. The lowest BCUT2D eigenvalue weighted by Gasteiger charge is -2.06. The molecule has 0 radical (unpaired) electrons. The Bertz CT molecular complexity index is 1010. The first-order valence-corrected chi connectivity index (χ1v) is 8.18. The summed E-state index contributed by atoms with van der Waals surface area (Å²) < 4.78 is 1.08. The number of hydrogen-bond donors (Lipinski definition) is 1. The summed E-state index contributed by atoms with van der Waals surface area (Å²) in [7, 11) is 0. The Labute approximate surface area is 142 Å². The molecule has 0 spiro atoms. The molecule has 0 amide bonds. The number of rotatable bonds is 3. The van der Waals surface area contributed by atoms with Crippen LogP contribution in [0.3, 0.4) is 0 Å². The minimum atomic E-state index is -0.963. The van der Waals surface area contributed by atoms with Crippen molar-refractivity contribution in [3.05, 3.63) is 72.4 Å². The van der Waals surface area contributed by atoms with Crippen LogP contribution in [0.25, 0.3) is 32.0 Å². The normalized spacial score (nSPS) is 10.8. The molecule has 2 aromatic heterocycles. The van der Waals surface area contributed by atoms with Crippen molar-refractivity contribution in [2.24, 2.45) is 0 Å². The zero-order valence-corrected chi connectivity index (χ0v) is 13.3. The van der Waals surface area contributed by atoms with Crippen LogP contribution in [0, 0.1) is 0 Å². The Morgan fingerprint density at radius 1 is 0.958 bits per heavy atom. The number of para-hydroxylation sites is 1. The Kier molecular flexibility index (Phi) is 3.55. The molecule has 4 rings (SSSR count). The smallest absolute Gasteiger partial charge is 0.335 e. The fourth-order valence-corrected chi connectivity index (χ4v) is 3.50. The van der Waals surface area contributed by atoms with Gasteiger partial charge < -0.3 is 5.11 Å². The van der Waals surface area contributed by atoms with Crippen molar-refractivity contribution in [2.75, 3.05) is 0 Å². The number of aromatic carboxylic acids is 1. The Hall–Kier alpha value is -3.05. The summed E-state index contributed by atoms with van der Waals surface area (Å²) in [6.45, 7) is 0. The van der Waals surface area contributed by atoms with Gasteiger partial charge in [0.2, 0.25) is 0 Å². The van der Waals surface area contributed by atoms with Crippen molar-refractivity contribution in [1.29, 1.82) is 0 Å². The van der Waals surface area contributed by atoms with Crippen molar-refractivity contribution in [3.8, 4) is 21.8 Å². The molecule has 0 saturated carbocycles. The van der Waals surface area contributed by atoms with Crippen LogP contribution in [-0.2, 0) is 0 Å². The maximum absolute atomic E-state index is 11.5. The predicted octanol–water partition coefficient (Wildman–Crippen LogP) is 4.72. The first-order valence-electron chi connectivity index (χ1n) is 7.36. The molecule has 5 heteroatoms. The SMILES string of the molecule is O=C(O)c1cc(-c2ccccn2)cc(-c2nc3ccccc3s2)c1. The number of pyridine rings is 1. The van der Waals surface area contributed by atoms with Gasteiger partial charge in [0.1, 0.15) is 5.01 Å². The minimum Gasteiger partial charge on any atom is -0.478 e. The van der Waals surface area contributed by atoms with Gasteiger partial charge in [0.15, 0.2) is 0 Å². The standard InChI is InChI=1S/C19H12N2O2S/c22-19(23)14-10-12(15-5-3-4-8-20-15)9-13(11-14)18-21-16-6-1-2-7-17(16)24-18/h1-11H,(H,22,23). The highest BCUT2D eigenvalue weighted by Gasteiger charge is 2.13. The van der Waals surface area contributed by atoms with Crippen LogP contribution in [-0.4, -0.2) is 21.0 Å². The molecule has 0 bridgehead atoms. The predicted molar refractivity (Wildman–Crippen MR) is 95.2 cm³/mol. The van der Waals surface area contributed by atoms with Gasteiger partial charge in [-0.05, 0) is 42.5 Å². The van der Waals surface area contributed by atoms with Gasteiger partial charge in [-0.2, -0.15) is 0 Å². The van der Waals surface area contributed by atoms with E-state index in [0.29, 0.717) is 0 Å². The van der Waals surface area contributed by atoms with Crippen LogP contribution in [0.1, 0.15) is 10.4 Å². The molecule has 0 aliphatic carbocycles. The van der Waals surface area contributed by atoms with Crippen LogP contribution in [0.5, 0.6) is 0 Å². The molecule has 0 aliphatic heterocycles. The average molecular weight is 332 g/mol. The summed E-state index contributed by atoms with van der Waals surface area (Å²) in [6.07, 6.45) is 1.69. The van der Waals surface area contributed by atoms with E-state index in [9.17, 15) is 9.90 Å². The zero-order valence-electron chi connectivity index (χ0n) is 12.5. The maximum atomic E-state index is 11.5. The van der Waals surface area contributed by atoms with Gasteiger partial charge in [0, 0.05) is 17.3 Å². The van der Waals surface area contributed by atoms with Gasteiger partial charge in [-0.1, -0.05) is 18.2 Å². The van der Waals surface area contributed by atoms with E-state index >= 15 is 0 Å². The van der Waals surface area contributed by atoms with E-state index in [4.69, 9.17) is 0 Å². The van der Waals surface area contributed by atoms with E-state index in [1.807, 2.05) is 48.5 Å². The molecule has 0 aliphatic rings. The van der Waals surface area contributed by atoms with E-state index in [1.54, 1.807) is 29.7 Å². The second-order valence-corrected chi connectivity index (χ2v) is 6.34. The monoisotopic (exact) mass is 332 g/mol. The van der Waals surface area contributed by atoms with Crippen LogP contribution >= 0.6 is 11.3 Å². The van der Waals surface area contributed by atoms with Crippen LogP contribution in [0.4, 0.5) is 0 Å². The highest BCUT2D eigenvalue weighted by molar-refractivity contribution is 7.21. The van der Waals surface area contributed by atoms with E-state index < -0.39 is 5.97 Å². The Morgan fingerprint density at radius 2 is 1.75 bits per heavy atom. The molecule has 116 valence electrons. The number of hydrogen-bond acceptors (Lipinski definition) is 4. The zero-order chi connectivity index (χ0) is 16.5. The third-order valence-corrected chi connectivity index (χ3v) is 4.77. The van der Waals surface area contributed by atoms with E-state index in [-0.39, 0.29) is 5.56 Å². The lowest BCUT2D eigenvalue weighted by Crippen LogP contribution is -1.97. The maximum Gasteiger partial charge on any atom is 0.335 e. The molecular formula is C19H12N2O2S. The number of carbonyl (C=O) groups is 1. The van der Waals surface area contributed by atoms with Gasteiger partial charge in [-0.25, -0.2) is 9.78 Å². The highest BCUT2D eigenvalue weighted by atomic mass is 32.1. The van der Waals surface area contributed by atoms with Gasteiger partial charge in [0.25, 0.3) is 0 Å². The minimum absolute atomic E-state index is 0.229. The molecule has 4 aromatic rings. The number of carboxylic acid groups (broad SMARTS) is 1. The first-order chi connectivity index (χ1) is 11.7. The number of aromatic nitrogens is 2. The third-order valence-electron chi connectivity index (χ3n) is 3.68. The van der Waals surface area contributed by atoms with Gasteiger partial charge in [-0.15, -0.1) is 11.3 Å². The van der Waals surface area contributed by atoms with Crippen molar-refractivity contribution in [3.63, 3.8) is 0 Å². The molecule has 2 aromatic carbocycles. The second-order valence-electron chi connectivity index (χ2n) is 5.31. The van der Waals surface area contributed by atoms with Crippen molar-refractivity contribution >= 4 is 27.5 Å². The summed E-state index contributed by atoms with van der Waals surface area (Å²) >= 11 is 1.55.